The van der Waals surface area contributed by atoms with Gasteiger partial charge in [0.05, 0.1) is 0 Å². The van der Waals surface area contributed by atoms with Gasteiger partial charge >= 0.3 is 0 Å². The van der Waals surface area contributed by atoms with Gasteiger partial charge in [-0.25, -0.2) is 0 Å². The topological polar surface area (TPSA) is 17.1 Å². The fraction of sp³-hybridized carbons (Fsp3) is 0.564. The van der Waals surface area contributed by atoms with Gasteiger partial charge in [0.15, 0.2) is 5.78 Å². The number of fused-ring (bicyclic) bond motifs is 1. The first-order valence-electron chi connectivity index (χ1n) is 16.1. The minimum Gasteiger partial charge on any atom is -0.295 e. The van der Waals surface area contributed by atoms with E-state index in [9.17, 15) is 4.79 Å². The first-order chi connectivity index (χ1) is 19.1. The van der Waals surface area contributed by atoms with Crippen molar-refractivity contribution >= 4 is 11.4 Å². The van der Waals surface area contributed by atoms with Gasteiger partial charge in [0.2, 0.25) is 0 Å². The van der Waals surface area contributed by atoms with E-state index in [1.54, 1.807) is 12.5 Å². The van der Waals surface area contributed by atoms with E-state index in [4.69, 9.17) is 0 Å². The second-order valence-corrected chi connectivity index (χ2v) is 14.0. The van der Waals surface area contributed by atoms with Gasteiger partial charge in [0.1, 0.15) is 0 Å². The number of rotatable bonds is 10. The zero-order valence-corrected chi connectivity index (χ0v) is 26.3. The Labute approximate surface area is 245 Å². The summed E-state index contributed by atoms with van der Waals surface area (Å²) >= 11 is 0. The van der Waals surface area contributed by atoms with Crippen molar-refractivity contribution < 1.29 is 4.79 Å². The largest absolute Gasteiger partial charge is 0.295 e. The van der Waals surface area contributed by atoms with Crippen molar-refractivity contribution in [1.29, 1.82) is 0 Å². The average Bonchev–Trinajstić information content (AvgIpc) is 3.24. The highest BCUT2D eigenvalue weighted by Gasteiger charge is 2.30. The van der Waals surface area contributed by atoms with Gasteiger partial charge in [-0.15, -0.1) is 6.58 Å². The van der Waals surface area contributed by atoms with Crippen LogP contribution < -0.4 is 0 Å². The van der Waals surface area contributed by atoms with E-state index in [1.807, 2.05) is 12.1 Å². The molecule has 0 heterocycles. The molecule has 0 saturated heterocycles. The van der Waals surface area contributed by atoms with E-state index in [0.29, 0.717) is 11.8 Å². The van der Waals surface area contributed by atoms with Crippen LogP contribution in [0.2, 0.25) is 0 Å². The Hall–Kier alpha value is -2.41. The van der Waals surface area contributed by atoms with Gasteiger partial charge in [-0.05, 0) is 108 Å². The van der Waals surface area contributed by atoms with Crippen LogP contribution in [0.1, 0.15) is 119 Å². The minimum absolute atomic E-state index is 0.133. The zero-order chi connectivity index (χ0) is 28.9. The average molecular weight is 539 g/mol. The molecule has 216 valence electrons. The molecule has 2 aromatic carbocycles. The molecular weight excluding hydrogens is 484 g/mol. The van der Waals surface area contributed by atoms with E-state index < -0.39 is 0 Å². The predicted molar refractivity (Wildman–Crippen MR) is 173 cm³/mol. The number of allylic oxidation sites excluding steroid dienone is 3. The van der Waals surface area contributed by atoms with Crippen LogP contribution in [0.25, 0.3) is 5.57 Å². The molecule has 0 radical (unpaired) electrons. The van der Waals surface area contributed by atoms with Gasteiger partial charge in [-0.3, -0.25) is 4.79 Å². The molecule has 0 amide bonds. The molecule has 4 rings (SSSR count). The first kappa shape index (κ1) is 30.5. The molecule has 0 N–H and O–H groups in total. The maximum atomic E-state index is 11.8. The van der Waals surface area contributed by atoms with Gasteiger partial charge < -0.3 is 0 Å². The number of carbonyl (C=O) groups excluding carboxylic acids is 1. The van der Waals surface area contributed by atoms with E-state index in [1.165, 1.54) is 73.6 Å². The van der Waals surface area contributed by atoms with Crippen LogP contribution >= 0.6 is 0 Å². The van der Waals surface area contributed by atoms with Crippen LogP contribution in [0.5, 0.6) is 0 Å². The third-order valence-corrected chi connectivity index (χ3v) is 10.3. The van der Waals surface area contributed by atoms with Crippen LogP contribution in [0, 0.1) is 35.0 Å². The van der Waals surface area contributed by atoms with Crippen LogP contribution in [-0.2, 0) is 19.3 Å². The quantitative estimate of drug-likeness (QED) is 0.167. The molecule has 2 aliphatic carbocycles. The van der Waals surface area contributed by atoms with E-state index in [-0.39, 0.29) is 11.2 Å². The van der Waals surface area contributed by atoms with Crippen molar-refractivity contribution in [3.05, 3.63) is 89.0 Å². The molecule has 0 spiro atoms. The predicted octanol–water partition coefficient (Wildman–Crippen LogP) is 10.7. The SMILES string of the molecule is C=CC(C)(C)CC(C)C1CCCC(CC2Cc3cc(CC)ccc3C(Cc3ccc(C(C)=O)cc3)=CC2C)CC1. The zero-order valence-electron chi connectivity index (χ0n) is 26.3. The lowest BCUT2D eigenvalue weighted by Crippen LogP contribution is -2.19. The molecule has 1 heteroatoms. The second kappa shape index (κ2) is 13.5. The highest BCUT2D eigenvalue weighted by molar-refractivity contribution is 5.94. The highest BCUT2D eigenvalue weighted by Crippen LogP contribution is 2.42. The third-order valence-electron chi connectivity index (χ3n) is 10.3. The summed E-state index contributed by atoms with van der Waals surface area (Å²) in [6, 6.07) is 15.5. The Morgan fingerprint density at radius 3 is 2.45 bits per heavy atom. The summed E-state index contributed by atoms with van der Waals surface area (Å²) < 4.78 is 0. The van der Waals surface area contributed by atoms with Crippen molar-refractivity contribution in [2.75, 3.05) is 0 Å². The van der Waals surface area contributed by atoms with Crippen LogP contribution in [0.3, 0.4) is 0 Å². The van der Waals surface area contributed by atoms with Gasteiger partial charge in [0, 0.05) is 5.56 Å². The summed E-state index contributed by atoms with van der Waals surface area (Å²) in [5.74, 6) is 3.89. The molecule has 2 aromatic rings. The van der Waals surface area contributed by atoms with Crippen LogP contribution in [-0.4, -0.2) is 5.78 Å². The standard InChI is InChI=1S/C39H54O/c1-8-30-16-20-38-36(24-32-14-18-34(19-15-32)29(5)40)21-27(3)35(25-37(38)22-30)23-31-11-10-12-33(17-13-31)28(4)26-39(6,7)9-2/h9,14-16,18-22,27-28,31,33,35H,2,8,10-13,17,23-26H2,1,3-7H3. The lowest BCUT2D eigenvalue weighted by Gasteiger charge is -2.30. The third kappa shape index (κ3) is 7.86. The second-order valence-electron chi connectivity index (χ2n) is 14.0. The lowest BCUT2D eigenvalue weighted by molar-refractivity contribution is 0.101. The van der Waals surface area contributed by atoms with E-state index in [2.05, 4.69) is 83.7 Å². The maximum Gasteiger partial charge on any atom is 0.159 e. The monoisotopic (exact) mass is 538 g/mol. The Morgan fingerprint density at radius 2 is 1.77 bits per heavy atom. The van der Waals surface area contributed by atoms with E-state index in [0.717, 1.165) is 36.2 Å². The van der Waals surface area contributed by atoms with Crippen molar-refractivity contribution in [3.63, 3.8) is 0 Å². The summed E-state index contributed by atoms with van der Waals surface area (Å²) in [6.07, 6.45) is 17.6. The number of aryl methyl sites for hydroxylation is 1. The number of ketones is 1. The number of hydrogen-bond donors (Lipinski definition) is 0. The Bertz CT molecular complexity index is 1180. The Kier molecular flexibility index (Phi) is 10.3. The molecule has 1 nitrogen and oxygen atoms in total. The van der Waals surface area contributed by atoms with Gasteiger partial charge in [-0.1, -0.05) is 115 Å². The summed E-state index contributed by atoms with van der Waals surface area (Å²) in [5, 5.41) is 0. The van der Waals surface area contributed by atoms with Gasteiger partial charge in [0.25, 0.3) is 0 Å². The summed E-state index contributed by atoms with van der Waals surface area (Å²) in [5.41, 5.74) is 8.23. The molecule has 0 aromatic heterocycles. The Morgan fingerprint density at radius 1 is 1.05 bits per heavy atom. The van der Waals surface area contributed by atoms with Crippen molar-refractivity contribution in [2.24, 2.45) is 35.0 Å². The summed E-state index contributed by atoms with van der Waals surface area (Å²) in [7, 11) is 0. The van der Waals surface area contributed by atoms with E-state index >= 15 is 0 Å². The first-order valence-corrected chi connectivity index (χ1v) is 16.1. The van der Waals surface area contributed by atoms with Crippen molar-refractivity contribution in [1.82, 2.24) is 0 Å². The molecule has 2 aliphatic rings. The maximum absolute atomic E-state index is 11.8. The fourth-order valence-corrected chi connectivity index (χ4v) is 7.61. The van der Waals surface area contributed by atoms with Gasteiger partial charge in [-0.2, -0.15) is 0 Å². The number of benzene rings is 2. The molecule has 0 bridgehead atoms. The molecule has 5 unspecified atom stereocenters. The number of Topliss-reactive ketones (excluding diaryl/α,β-unsaturated/α-hetero) is 1. The summed E-state index contributed by atoms with van der Waals surface area (Å²) in [4.78, 5) is 11.8. The van der Waals surface area contributed by atoms with Crippen molar-refractivity contribution in [2.45, 2.75) is 106 Å². The molecule has 1 saturated carbocycles. The molecule has 1 fully saturated rings. The van der Waals surface area contributed by atoms with Crippen LogP contribution in [0.15, 0.2) is 61.2 Å². The molecule has 5 atom stereocenters. The molecular formula is C39H54O. The van der Waals surface area contributed by atoms with Crippen molar-refractivity contribution in [3.8, 4) is 0 Å². The highest BCUT2D eigenvalue weighted by atomic mass is 16.1. The lowest BCUT2D eigenvalue weighted by atomic mass is 9.75. The molecule has 40 heavy (non-hydrogen) atoms. The Balaban J connectivity index is 1.50. The summed E-state index contributed by atoms with van der Waals surface area (Å²) in [6.45, 7) is 17.6. The smallest absolute Gasteiger partial charge is 0.159 e. The fourth-order valence-electron chi connectivity index (χ4n) is 7.61. The minimum atomic E-state index is 0.133. The van der Waals surface area contributed by atoms with Crippen LogP contribution in [0.4, 0.5) is 0 Å². The normalized spacial score (nSPS) is 24.3. The number of carbonyl (C=O) groups is 1. The number of hydrogen-bond acceptors (Lipinski definition) is 1. The molecule has 0 aliphatic heterocycles.